The third-order valence-corrected chi connectivity index (χ3v) is 3.16. The molecule has 0 atom stereocenters. The lowest BCUT2D eigenvalue weighted by Crippen LogP contribution is -2.32. The summed E-state index contributed by atoms with van der Waals surface area (Å²) in [5.41, 5.74) is 6.96. The molecule has 2 rings (SSSR count). The molecule has 3 heteroatoms. The smallest absolute Gasteiger partial charge is 0.0358 e. The highest BCUT2D eigenvalue weighted by molar-refractivity contribution is 5.08. The van der Waals surface area contributed by atoms with Crippen LogP contribution in [0.3, 0.4) is 0 Å². The largest absolute Gasteiger partial charge is 0.347 e. The summed E-state index contributed by atoms with van der Waals surface area (Å²) in [6.45, 7) is 3.05. The van der Waals surface area contributed by atoms with Gasteiger partial charge < -0.3 is 15.2 Å². The highest BCUT2D eigenvalue weighted by Crippen LogP contribution is 2.23. The average molecular weight is 193 g/mol. The second-order valence-electron chi connectivity index (χ2n) is 4.15. The zero-order valence-corrected chi connectivity index (χ0v) is 8.82. The Balaban J connectivity index is 2.08. The Morgan fingerprint density at radius 1 is 1.43 bits per heavy atom. The van der Waals surface area contributed by atoms with Gasteiger partial charge in [-0.2, -0.15) is 0 Å². The Hall–Kier alpha value is -0.800. The minimum Gasteiger partial charge on any atom is -0.347 e. The van der Waals surface area contributed by atoms with Gasteiger partial charge in [0.05, 0.1) is 0 Å². The summed E-state index contributed by atoms with van der Waals surface area (Å²) in [6.07, 6.45) is 4.66. The van der Waals surface area contributed by atoms with Crippen molar-refractivity contribution in [2.75, 3.05) is 20.1 Å². The lowest BCUT2D eigenvalue weighted by molar-refractivity contribution is 0.219. The second kappa shape index (κ2) is 4.15. The summed E-state index contributed by atoms with van der Waals surface area (Å²) in [7, 11) is 2.19. The molecule has 14 heavy (non-hydrogen) atoms. The van der Waals surface area contributed by atoms with Crippen LogP contribution >= 0.6 is 0 Å². The zero-order valence-electron chi connectivity index (χ0n) is 8.82. The molecule has 0 spiro atoms. The van der Waals surface area contributed by atoms with E-state index < -0.39 is 0 Å². The fraction of sp³-hybridized carbons (Fsp3) is 0.636. The number of nitrogens with two attached hydrogens (primary N) is 1. The summed E-state index contributed by atoms with van der Waals surface area (Å²) < 4.78 is 2.35. The van der Waals surface area contributed by atoms with Crippen LogP contribution in [0.1, 0.15) is 24.6 Å². The Morgan fingerprint density at radius 3 is 2.79 bits per heavy atom. The van der Waals surface area contributed by atoms with E-state index in [0.29, 0.717) is 12.6 Å². The maximum atomic E-state index is 5.70. The summed E-state index contributed by atoms with van der Waals surface area (Å²) in [6, 6.07) is 4.89. The molecule has 0 amide bonds. The molecule has 78 valence electrons. The van der Waals surface area contributed by atoms with Crippen molar-refractivity contribution in [3.63, 3.8) is 0 Å². The number of rotatable bonds is 2. The molecule has 0 aliphatic carbocycles. The first-order valence-corrected chi connectivity index (χ1v) is 5.35. The van der Waals surface area contributed by atoms with Crippen molar-refractivity contribution in [1.29, 1.82) is 0 Å². The van der Waals surface area contributed by atoms with Gasteiger partial charge in [-0.1, -0.05) is 0 Å². The van der Waals surface area contributed by atoms with Crippen LogP contribution in [-0.4, -0.2) is 29.6 Å². The van der Waals surface area contributed by atoms with Crippen molar-refractivity contribution < 1.29 is 0 Å². The number of aromatic nitrogens is 1. The van der Waals surface area contributed by atoms with Crippen molar-refractivity contribution in [1.82, 2.24) is 9.47 Å². The third-order valence-electron chi connectivity index (χ3n) is 3.16. The van der Waals surface area contributed by atoms with Crippen LogP contribution in [0.2, 0.25) is 0 Å². The van der Waals surface area contributed by atoms with Gasteiger partial charge in [0.2, 0.25) is 0 Å². The number of nitrogens with zero attached hydrogens (tertiary/aromatic N) is 2. The quantitative estimate of drug-likeness (QED) is 0.766. The highest BCUT2D eigenvalue weighted by atomic mass is 15.1. The van der Waals surface area contributed by atoms with Gasteiger partial charge >= 0.3 is 0 Å². The van der Waals surface area contributed by atoms with E-state index in [1.165, 1.54) is 31.6 Å². The molecule has 0 saturated carbocycles. The van der Waals surface area contributed by atoms with Gasteiger partial charge in [0.15, 0.2) is 0 Å². The lowest BCUT2D eigenvalue weighted by Gasteiger charge is -2.31. The first-order chi connectivity index (χ1) is 6.81. The normalized spacial score (nSPS) is 20.1. The van der Waals surface area contributed by atoms with E-state index in [9.17, 15) is 0 Å². The molecule has 2 N–H and O–H groups in total. The Morgan fingerprint density at radius 2 is 2.14 bits per heavy atom. The maximum Gasteiger partial charge on any atom is 0.0358 e. The van der Waals surface area contributed by atoms with E-state index in [2.05, 4.69) is 34.8 Å². The summed E-state index contributed by atoms with van der Waals surface area (Å²) >= 11 is 0. The highest BCUT2D eigenvalue weighted by Gasteiger charge is 2.18. The minimum absolute atomic E-state index is 0.652. The maximum absolute atomic E-state index is 5.70. The monoisotopic (exact) mass is 193 g/mol. The van der Waals surface area contributed by atoms with Gasteiger partial charge in [-0.05, 0) is 45.1 Å². The van der Waals surface area contributed by atoms with Crippen molar-refractivity contribution in [3.05, 3.63) is 24.0 Å². The SMILES string of the molecule is CN1CCC(n2cccc2CN)CC1. The Kier molecular flexibility index (Phi) is 2.89. The molecule has 1 fully saturated rings. The van der Waals surface area contributed by atoms with Gasteiger partial charge in [-0.25, -0.2) is 0 Å². The topological polar surface area (TPSA) is 34.2 Å². The molecule has 0 unspecified atom stereocenters. The number of hydrogen-bond donors (Lipinski definition) is 1. The fourth-order valence-electron chi connectivity index (χ4n) is 2.23. The van der Waals surface area contributed by atoms with Crippen LogP contribution < -0.4 is 5.73 Å². The van der Waals surface area contributed by atoms with E-state index in [1.807, 2.05) is 0 Å². The molecule has 2 heterocycles. The molecule has 1 aliphatic rings. The minimum atomic E-state index is 0.652. The summed E-state index contributed by atoms with van der Waals surface area (Å²) in [5, 5.41) is 0. The van der Waals surface area contributed by atoms with Gasteiger partial charge in [-0.15, -0.1) is 0 Å². The first-order valence-electron chi connectivity index (χ1n) is 5.35. The predicted octanol–water partition coefficient (Wildman–Crippen LogP) is 1.21. The number of likely N-dealkylation sites (tertiary alicyclic amines) is 1. The third kappa shape index (κ3) is 1.83. The van der Waals surface area contributed by atoms with Gasteiger partial charge in [0, 0.05) is 24.5 Å². The molecule has 0 bridgehead atoms. The fourth-order valence-corrected chi connectivity index (χ4v) is 2.23. The molecule has 1 aliphatic heterocycles. The van der Waals surface area contributed by atoms with Crippen LogP contribution in [0, 0.1) is 0 Å². The van der Waals surface area contributed by atoms with Gasteiger partial charge in [0.25, 0.3) is 0 Å². The van der Waals surface area contributed by atoms with Crippen molar-refractivity contribution in [2.24, 2.45) is 5.73 Å². The van der Waals surface area contributed by atoms with Crippen LogP contribution in [0.25, 0.3) is 0 Å². The molecular formula is C11H19N3. The van der Waals surface area contributed by atoms with Crippen molar-refractivity contribution in [2.45, 2.75) is 25.4 Å². The second-order valence-corrected chi connectivity index (χ2v) is 4.15. The standard InChI is InChI=1S/C11H19N3/c1-13-7-4-10(5-8-13)14-6-2-3-11(14)9-12/h2-3,6,10H,4-5,7-9,12H2,1H3. The van der Waals surface area contributed by atoms with E-state index in [0.717, 1.165) is 0 Å². The summed E-state index contributed by atoms with van der Waals surface area (Å²) in [4.78, 5) is 2.39. The molecule has 1 saturated heterocycles. The van der Waals surface area contributed by atoms with E-state index in [-0.39, 0.29) is 0 Å². The zero-order chi connectivity index (χ0) is 9.97. The lowest BCUT2D eigenvalue weighted by atomic mass is 10.1. The van der Waals surface area contributed by atoms with E-state index >= 15 is 0 Å². The van der Waals surface area contributed by atoms with Crippen LogP contribution in [0.15, 0.2) is 18.3 Å². The molecule has 1 aromatic rings. The first kappa shape index (κ1) is 9.74. The molecule has 1 aromatic heterocycles. The number of piperidine rings is 1. The molecular weight excluding hydrogens is 174 g/mol. The van der Waals surface area contributed by atoms with Crippen LogP contribution in [0.5, 0.6) is 0 Å². The Bertz CT molecular complexity index is 284. The molecule has 0 radical (unpaired) electrons. The van der Waals surface area contributed by atoms with Crippen molar-refractivity contribution >= 4 is 0 Å². The summed E-state index contributed by atoms with van der Waals surface area (Å²) in [5.74, 6) is 0. The van der Waals surface area contributed by atoms with Crippen molar-refractivity contribution in [3.8, 4) is 0 Å². The molecule has 3 nitrogen and oxygen atoms in total. The van der Waals surface area contributed by atoms with Crippen LogP contribution in [-0.2, 0) is 6.54 Å². The van der Waals surface area contributed by atoms with E-state index in [4.69, 9.17) is 5.73 Å². The average Bonchev–Trinajstić information content (AvgIpc) is 2.67. The van der Waals surface area contributed by atoms with E-state index in [1.54, 1.807) is 0 Å². The van der Waals surface area contributed by atoms with Gasteiger partial charge in [-0.3, -0.25) is 0 Å². The Labute approximate surface area is 85.5 Å². The number of hydrogen-bond acceptors (Lipinski definition) is 2. The molecule has 0 aromatic carbocycles. The predicted molar refractivity (Wildman–Crippen MR) is 58.1 cm³/mol. The van der Waals surface area contributed by atoms with Gasteiger partial charge in [0.1, 0.15) is 0 Å². The van der Waals surface area contributed by atoms with Crippen LogP contribution in [0.4, 0.5) is 0 Å².